The highest BCUT2D eigenvalue weighted by Crippen LogP contribution is 2.08. The summed E-state index contributed by atoms with van der Waals surface area (Å²) in [5.41, 5.74) is 1.87. The van der Waals surface area contributed by atoms with E-state index in [2.05, 4.69) is 4.74 Å². The Kier molecular flexibility index (Phi) is 7.14. The van der Waals surface area contributed by atoms with Gasteiger partial charge in [-0.1, -0.05) is 42.5 Å². The van der Waals surface area contributed by atoms with E-state index in [0.29, 0.717) is 19.5 Å². The van der Waals surface area contributed by atoms with Gasteiger partial charge in [-0.25, -0.2) is 4.39 Å². The average Bonchev–Trinajstić information content (AvgIpc) is 2.63. The van der Waals surface area contributed by atoms with Crippen molar-refractivity contribution in [3.05, 3.63) is 71.5 Å². The first-order chi connectivity index (χ1) is 12.1. The van der Waals surface area contributed by atoms with Gasteiger partial charge < -0.3 is 9.64 Å². The zero-order chi connectivity index (χ0) is 18.1. The first-order valence-electron chi connectivity index (χ1n) is 8.21. The van der Waals surface area contributed by atoms with Crippen LogP contribution in [0, 0.1) is 5.82 Å². The van der Waals surface area contributed by atoms with Gasteiger partial charge in [-0.05, 0) is 29.7 Å². The zero-order valence-corrected chi connectivity index (χ0v) is 14.3. The number of nitrogens with zero attached hydrogens (tertiary/aromatic N) is 1. The molecule has 2 aromatic carbocycles. The van der Waals surface area contributed by atoms with Crippen LogP contribution in [0.3, 0.4) is 0 Å². The molecule has 0 spiro atoms. The Morgan fingerprint density at radius 2 is 1.64 bits per heavy atom. The molecule has 0 bridgehead atoms. The number of benzene rings is 2. The highest BCUT2D eigenvalue weighted by Gasteiger charge is 2.16. The number of hydrogen-bond acceptors (Lipinski definition) is 3. The summed E-state index contributed by atoms with van der Waals surface area (Å²) in [4.78, 5) is 25.7. The van der Waals surface area contributed by atoms with Crippen LogP contribution in [0.5, 0.6) is 0 Å². The lowest BCUT2D eigenvalue weighted by Gasteiger charge is -2.22. The molecular formula is C20H22FNO3. The average molecular weight is 343 g/mol. The van der Waals surface area contributed by atoms with Crippen LogP contribution in [-0.4, -0.2) is 37.0 Å². The second-order valence-electron chi connectivity index (χ2n) is 5.75. The number of esters is 1. The maximum atomic E-state index is 13.0. The van der Waals surface area contributed by atoms with Gasteiger partial charge in [0, 0.05) is 13.1 Å². The highest BCUT2D eigenvalue weighted by molar-refractivity contribution is 5.79. The maximum absolute atomic E-state index is 13.0. The van der Waals surface area contributed by atoms with E-state index >= 15 is 0 Å². The molecule has 2 rings (SSSR count). The molecule has 25 heavy (non-hydrogen) atoms. The molecule has 0 aliphatic rings. The third-order valence-corrected chi connectivity index (χ3v) is 3.95. The van der Waals surface area contributed by atoms with Crippen LogP contribution in [0.15, 0.2) is 54.6 Å². The van der Waals surface area contributed by atoms with Gasteiger partial charge in [0.1, 0.15) is 5.82 Å². The Morgan fingerprint density at radius 3 is 2.28 bits per heavy atom. The van der Waals surface area contributed by atoms with Crippen LogP contribution in [0.2, 0.25) is 0 Å². The van der Waals surface area contributed by atoms with Crippen LogP contribution in [0.1, 0.15) is 17.5 Å². The molecular weight excluding hydrogens is 321 g/mol. The summed E-state index contributed by atoms with van der Waals surface area (Å²) in [5, 5.41) is 0. The molecule has 5 heteroatoms. The number of carbonyl (C=O) groups excluding carboxylic acids is 2. The molecule has 0 atom stereocenters. The van der Waals surface area contributed by atoms with Crippen LogP contribution < -0.4 is 0 Å². The monoisotopic (exact) mass is 343 g/mol. The van der Waals surface area contributed by atoms with Crippen LogP contribution in [0.25, 0.3) is 0 Å². The van der Waals surface area contributed by atoms with Crippen molar-refractivity contribution in [3.8, 4) is 0 Å². The van der Waals surface area contributed by atoms with E-state index in [1.54, 1.807) is 17.0 Å². The molecule has 0 unspecified atom stereocenters. The minimum atomic E-state index is -0.348. The molecule has 0 N–H and O–H groups in total. The normalized spacial score (nSPS) is 10.3. The van der Waals surface area contributed by atoms with E-state index in [1.807, 2.05) is 30.3 Å². The molecule has 2 aromatic rings. The predicted octanol–water partition coefficient (Wildman–Crippen LogP) is 3.00. The second-order valence-corrected chi connectivity index (χ2v) is 5.75. The molecule has 0 fully saturated rings. The Bertz CT molecular complexity index is 686. The summed E-state index contributed by atoms with van der Waals surface area (Å²) in [7, 11) is 1.33. The first kappa shape index (κ1) is 18.6. The largest absolute Gasteiger partial charge is 0.469 e. The van der Waals surface area contributed by atoms with Gasteiger partial charge in [-0.15, -0.1) is 0 Å². The summed E-state index contributed by atoms with van der Waals surface area (Å²) >= 11 is 0. The number of amides is 1. The Morgan fingerprint density at radius 1 is 0.960 bits per heavy atom. The van der Waals surface area contributed by atoms with Crippen molar-refractivity contribution in [1.29, 1.82) is 0 Å². The van der Waals surface area contributed by atoms with Crippen molar-refractivity contribution in [2.45, 2.75) is 19.3 Å². The van der Waals surface area contributed by atoms with E-state index in [9.17, 15) is 14.0 Å². The molecule has 132 valence electrons. The van der Waals surface area contributed by atoms with E-state index < -0.39 is 0 Å². The molecule has 0 aliphatic carbocycles. The zero-order valence-electron chi connectivity index (χ0n) is 14.3. The Balaban J connectivity index is 1.99. The fourth-order valence-corrected chi connectivity index (χ4v) is 2.49. The molecule has 1 amide bonds. The molecule has 0 saturated carbocycles. The fourth-order valence-electron chi connectivity index (χ4n) is 2.49. The van der Waals surface area contributed by atoms with Crippen LogP contribution in [-0.2, 0) is 27.2 Å². The minimum Gasteiger partial charge on any atom is -0.469 e. The quantitative estimate of drug-likeness (QED) is 0.692. The van der Waals surface area contributed by atoms with Crippen LogP contribution in [0.4, 0.5) is 4.39 Å². The maximum Gasteiger partial charge on any atom is 0.307 e. The summed E-state index contributed by atoms with van der Waals surface area (Å²) in [6, 6.07) is 15.7. The van der Waals surface area contributed by atoms with E-state index in [1.165, 1.54) is 19.2 Å². The summed E-state index contributed by atoms with van der Waals surface area (Å²) in [6.45, 7) is 0.772. The van der Waals surface area contributed by atoms with Gasteiger partial charge in [0.15, 0.2) is 0 Å². The molecule has 0 heterocycles. The molecule has 0 aliphatic heterocycles. The predicted molar refractivity (Wildman–Crippen MR) is 93.5 cm³/mol. The first-order valence-corrected chi connectivity index (χ1v) is 8.21. The number of rotatable bonds is 8. The molecule has 0 radical (unpaired) electrons. The second kappa shape index (κ2) is 9.57. The summed E-state index contributed by atoms with van der Waals surface area (Å²) < 4.78 is 17.6. The van der Waals surface area contributed by atoms with Crippen LogP contribution >= 0.6 is 0 Å². The van der Waals surface area contributed by atoms with E-state index in [-0.39, 0.29) is 30.5 Å². The van der Waals surface area contributed by atoms with Gasteiger partial charge in [0.25, 0.3) is 0 Å². The summed E-state index contributed by atoms with van der Waals surface area (Å²) in [5.74, 6) is -0.678. The topological polar surface area (TPSA) is 46.6 Å². The van der Waals surface area contributed by atoms with Gasteiger partial charge >= 0.3 is 5.97 Å². The van der Waals surface area contributed by atoms with Gasteiger partial charge in [-0.3, -0.25) is 9.59 Å². The molecule has 0 saturated heterocycles. The Labute approximate surface area is 147 Å². The van der Waals surface area contributed by atoms with Gasteiger partial charge in [0.05, 0.1) is 20.0 Å². The van der Waals surface area contributed by atoms with E-state index in [4.69, 9.17) is 0 Å². The third-order valence-electron chi connectivity index (χ3n) is 3.95. The number of carbonyl (C=O) groups is 2. The van der Waals surface area contributed by atoms with Gasteiger partial charge in [0.2, 0.25) is 5.91 Å². The SMILES string of the molecule is COC(=O)CCN(CCc1ccc(F)cc1)C(=O)Cc1ccccc1. The standard InChI is InChI=1S/C20H22FNO3/c1-25-20(24)12-14-22(13-11-16-7-9-18(21)10-8-16)19(23)15-17-5-3-2-4-6-17/h2-10H,11-15H2,1H3. The number of halogens is 1. The van der Waals surface area contributed by atoms with Crippen molar-refractivity contribution < 1.29 is 18.7 Å². The molecule has 4 nitrogen and oxygen atoms in total. The van der Waals surface area contributed by atoms with Crippen molar-refractivity contribution in [2.24, 2.45) is 0 Å². The van der Waals surface area contributed by atoms with Crippen molar-refractivity contribution in [2.75, 3.05) is 20.2 Å². The third kappa shape index (κ3) is 6.37. The van der Waals surface area contributed by atoms with E-state index in [0.717, 1.165) is 11.1 Å². The number of ether oxygens (including phenoxy) is 1. The summed E-state index contributed by atoms with van der Waals surface area (Å²) in [6.07, 6.45) is 1.04. The number of methoxy groups -OCH3 is 1. The minimum absolute atomic E-state index is 0.0442. The number of hydrogen-bond donors (Lipinski definition) is 0. The smallest absolute Gasteiger partial charge is 0.307 e. The fraction of sp³-hybridized carbons (Fsp3) is 0.300. The highest BCUT2D eigenvalue weighted by atomic mass is 19.1. The Hall–Kier alpha value is -2.69. The van der Waals surface area contributed by atoms with Gasteiger partial charge in [-0.2, -0.15) is 0 Å². The lowest BCUT2D eigenvalue weighted by molar-refractivity contribution is -0.141. The van der Waals surface area contributed by atoms with Crippen molar-refractivity contribution in [1.82, 2.24) is 4.90 Å². The lowest BCUT2D eigenvalue weighted by atomic mass is 10.1. The van der Waals surface area contributed by atoms with Crippen molar-refractivity contribution in [3.63, 3.8) is 0 Å². The lowest BCUT2D eigenvalue weighted by Crippen LogP contribution is -2.36. The molecule has 0 aromatic heterocycles. The van der Waals surface area contributed by atoms with Crippen molar-refractivity contribution >= 4 is 11.9 Å².